The van der Waals surface area contributed by atoms with Gasteiger partial charge in [-0.3, -0.25) is 4.79 Å². The molecule has 0 unspecified atom stereocenters. The lowest BCUT2D eigenvalue weighted by Gasteiger charge is -2.26. The van der Waals surface area contributed by atoms with Crippen LogP contribution in [0.1, 0.15) is 17.3 Å². The fourth-order valence-electron chi connectivity index (χ4n) is 1.06. The number of alkyl halides is 2. The van der Waals surface area contributed by atoms with Crippen molar-refractivity contribution in [1.29, 1.82) is 0 Å². The van der Waals surface area contributed by atoms with E-state index in [1.807, 2.05) is 6.92 Å². The van der Waals surface area contributed by atoms with Crippen molar-refractivity contribution in [2.24, 2.45) is 0 Å². The number of amides is 1. The topological polar surface area (TPSA) is 49.3 Å². The molecule has 5 heteroatoms. The van der Waals surface area contributed by atoms with Crippen molar-refractivity contribution < 1.29 is 9.90 Å². The van der Waals surface area contributed by atoms with Gasteiger partial charge in [0.05, 0.1) is 5.54 Å². The molecule has 0 atom stereocenters. The lowest BCUT2D eigenvalue weighted by Crippen LogP contribution is -2.48. The SMILES string of the molecule is CC(CBr)(CBr)NC(=O)c1ccc(O)cc1. The van der Waals surface area contributed by atoms with Gasteiger partial charge in [-0.25, -0.2) is 0 Å². The standard InChI is InChI=1S/C11H13Br2NO2/c1-11(6-12,7-13)14-10(16)8-2-4-9(15)5-3-8/h2-5,15H,6-7H2,1H3,(H,14,16). The highest BCUT2D eigenvalue weighted by Crippen LogP contribution is 2.14. The van der Waals surface area contributed by atoms with Crippen molar-refractivity contribution in [1.82, 2.24) is 5.32 Å². The fraction of sp³-hybridized carbons (Fsp3) is 0.364. The highest BCUT2D eigenvalue weighted by molar-refractivity contribution is 9.09. The molecule has 0 fully saturated rings. The maximum Gasteiger partial charge on any atom is 0.251 e. The van der Waals surface area contributed by atoms with Gasteiger partial charge < -0.3 is 10.4 Å². The van der Waals surface area contributed by atoms with Crippen LogP contribution in [0.25, 0.3) is 0 Å². The molecule has 0 heterocycles. The van der Waals surface area contributed by atoms with Crippen molar-refractivity contribution in [3.8, 4) is 5.75 Å². The third kappa shape index (κ3) is 3.49. The highest BCUT2D eigenvalue weighted by Gasteiger charge is 2.24. The summed E-state index contributed by atoms with van der Waals surface area (Å²) in [7, 11) is 0. The van der Waals surface area contributed by atoms with Gasteiger partial charge in [-0.05, 0) is 31.2 Å². The largest absolute Gasteiger partial charge is 0.508 e. The highest BCUT2D eigenvalue weighted by atomic mass is 79.9. The molecule has 0 saturated heterocycles. The van der Waals surface area contributed by atoms with Crippen LogP contribution in [0.3, 0.4) is 0 Å². The molecule has 0 bridgehead atoms. The van der Waals surface area contributed by atoms with Crippen LogP contribution in [0.4, 0.5) is 0 Å². The molecule has 0 saturated carbocycles. The molecule has 1 aromatic rings. The molecule has 3 nitrogen and oxygen atoms in total. The number of rotatable bonds is 4. The summed E-state index contributed by atoms with van der Waals surface area (Å²) in [5, 5.41) is 13.4. The van der Waals surface area contributed by atoms with Crippen molar-refractivity contribution >= 4 is 37.8 Å². The minimum absolute atomic E-state index is 0.151. The van der Waals surface area contributed by atoms with Crippen LogP contribution in [0, 0.1) is 0 Å². The number of hydrogen-bond acceptors (Lipinski definition) is 2. The molecule has 1 aromatic carbocycles. The molecule has 0 aliphatic carbocycles. The van der Waals surface area contributed by atoms with Gasteiger partial charge in [0.15, 0.2) is 0 Å². The number of phenolic OH excluding ortho intramolecular Hbond substituents is 1. The van der Waals surface area contributed by atoms with Crippen LogP contribution in [0.2, 0.25) is 0 Å². The zero-order valence-corrected chi connectivity index (χ0v) is 12.0. The Hall–Kier alpha value is -0.550. The number of carbonyl (C=O) groups excluding carboxylic acids is 1. The maximum atomic E-state index is 11.9. The van der Waals surface area contributed by atoms with E-state index in [1.165, 1.54) is 12.1 Å². The van der Waals surface area contributed by atoms with E-state index in [4.69, 9.17) is 5.11 Å². The van der Waals surface area contributed by atoms with Gasteiger partial charge in [-0.1, -0.05) is 31.9 Å². The van der Waals surface area contributed by atoms with Crippen LogP contribution in [0.15, 0.2) is 24.3 Å². The van der Waals surface area contributed by atoms with E-state index < -0.39 is 0 Å². The minimum atomic E-state index is -0.324. The van der Waals surface area contributed by atoms with E-state index in [0.29, 0.717) is 16.2 Å². The Labute approximate surface area is 111 Å². The third-order valence-electron chi connectivity index (χ3n) is 2.13. The van der Waals surface area contributed by atoms with E-state index in [-0.39, 0.29) is 17.2 Å². The Morgan fingerprint density at radius 2 is 1.81 bits per heavy atom. The van der Waals surface area contributed by atoms with Gasteiger partial charge in [0.25, 0.3) is 5.91 Å². The first kappa shape index (κ1) is 13.5. The normalized spacial score (nSPS) is 11.2. The second kappa shape index (κ2) is 5.68. The Morgan fingerprint density at radius 1 is 1.31 bits per heavy atom. The van der Waals surface area contributed by atoms with Gasteiger partial charge in [0.1, 0.15) is 5.75 Å². The van der Waals surface area contributed by atoms with Gasteiger partial charge in [0.2, 0.25) is 0 Å². The Bertz CT molecular complexity index is 361. The van der Waals surface area contributed by atoms with Crippen molar-refractivity contribution in [3.63, 3.8) is 0 Å². The van der Waals surface area contributed by atoms with Crippen molar-refractivity contribution in [3.05, 3.63) is 29.8 Å². The molecule has 1 amide bonds. The maximum absolute atomic E-state index is 11.9. The molecule has 0 radical (unpaired) electrons. The van der Waals surface area contributed by atoms with Crippen molar-refractivity contribution in [2.45, 2.75) is 12.5 Å². The Balaban J connectivity index is 2.76. The van der Waals surface area contributed by atoms with E-state index in [9.17, 15) is 4.79 Å². The average molecular weight is 351 g/mol. The summed E-state index contributed by atoms with van der Waals surface area (Å²) in [6.45, 7) is 1.94. The molecule has 0 aliphatic rings. The summed E-state index contributed by atoms with van der Waals surface area (Å²) in [5.74, 6) is 0.00157. The van der Waals surface area contributed by atoms with Crippen LogP contribution in [0.5, 0.6) is 5.75 Å². The Morgan fingerprint density at radius 3 is 2.25 bits per heavy atom. The van der Waals surface area contributed by atoms with E-state index in [2.05, 4.69) is 37.2 Å². The first-order valence-electron chi connectivity index (χ1n) is 4.74. The molecule has 0 spiro atoms. The zero-order chi connectivity index (χ0) is 12.2. The molecule has 1 rings (SSSR count). The molecule has 2 N–H and O–H groups in total. The molecule has 0 aromatic heterocycles. The van der Waals surface area contributed by atoms with Crippen LogP contribution in [-0.4, -0.2) is 27.2 Å². The summed E-state index contributed by atoms with van der Waals surface area (Å²) in [6.07, 6.45) is 0. The van der Waals surface area contributed by atoms with Crippen molar-refractivity contribution in [2.75, 3.05) is 10.7 Å². The predicted molar refractivity (Wildman–Crippen MR) is 71.6 cm³/mol. The van der Waals surface area contributed by atoms with Gasteiger partial charge in [0, 0.05) is 16.2 Å². The van der Waals surface area contributed by atoms with Crippen LogP contribution in [-0.2, 0) is 0 Å². The van der Waals surface area contributed by atoms with Crippen LogP contribution >= 0.6 is 31.9 Å². The van der Waals surface area contributed by atoms with Gasteiger partial charge >= 0.3 is 0 Å². The second-order valence-corrected chi connectivity index (χ2v) is 4.95. The molecule has 16 heavy (non-hydrogen) atoms. The number of aromatic hydroxyl groups is 1. The molecule has 88 valence electrons. The zero-order valence-electron chi connectivity index (χ0n) is 8.84. The van der Waals surface area contributed by atoms with Gasteiger partial charge in [-0.2, -0.15) is 0 Å². The number of hydrogen-bond donors (Lipinski definition) is 2. The second-order valence-electron chi connectivity index (χ2n) is 3.83. The van der Waals surface area contributed by atoms with E-state index in [0.717, 1.165) is 0 Å². The monoisotopic (exact) mass is 349 g/mol. The summed E-state index contributed by atoms with van der Waals surface area (Å²) < 4.78 is 0. The predicted octanol–water partition coefficient (Wildman–Crippen LogP) is 2.67. The lowest BCUT2D eigenvalue weighted by atomic mass is 10.1. The quantitative estimate of drug-likeness (QED) is 0.820. The summed E-state index contributed by atoms with van der Waals surface area (Å²) in [5.41, 5.74) is 0.209. The number of halogens is 2. The number of phenols is 1. The first-order chi connectivity index (χ1) is 7.50. The Kier molecular flexibility index (Phi) is 4.80. The molecular weight excluding hydrogens is 338 g/mol. The summed E-state index contributed by atoms with van der Waals surface area (Å²) >= 11 is 6.72. The summed E-state index contributed by atoms with van der Waals surface area (Å²) in [6, 6.07) is 6.17. The lowest BCUT2D eigenvalue weighted by molar-refractivity contribution is 0.0923. The number of carbonyl (C=O) groups is 1. The van der Waals surface area contributed by atoms with Crippen LogP contribution < -0.4 is 5.32 Å². The first-order valence-corrected chi connectivity index (χ1v) is 6.98. The summed E-state index contributed by atoms with van der Waals surface area (Å²) in [4.78, 5) is 11.9. The number of benzene rings is 1. The molecule has 0 aliphatic heterocycles. The minimum Gasteiger partial charge on any atom is -0.508 e. The fourth-order valence-corrected chi connectivity index (χ4v) is 2.27. The average Bonchev–Trinajstić information content (AvgIpc) is 2.29. The van der Waals surface area contributed by atoms with E-state index >= 15 is 0 Å². The van der Waals surface area contributed by atoms with Gasteiger partial charge in [-0.15, -0.1) is 0 Å². The molecular formula is C11H13Br2NO2. The third-order valence-corrected chi connectivity index (χ3v) is 4.61. The smallest absolute Gasteiger partial charge is 0.251 e. The number of nitrogens with one attached hydrogen (secondary N) is 1. The van der Waals surface area contributed by atoms with E-state index in [1.54, 1.807) is 12.1 Å².